The lowest BCUT2D eigenvalue weighted by molar-refractivity contribution is -0.274. The molecule has 1 aliphatic heterocycles. The van der Waals surface area contributed by atoms with Crippen LogP contribution in [0.3, 0.4) is 0 Å². The van der Waals surface area contributed by atoms with E-state index in [-0.39, 0.29) is 17.3 Å². The minimum absolute atomic E-state index is 0.247. The summed E-state index contributed by atoms with van der Waals surface area (Å²) in [6, 6.07) is 3.76. The lowest BCUT2D eigenvalue weighted by Gasteiger charge is -2.26. The number of hydrogen-bond acceptors (Lipinski definition) is 4. The summed E-state index contributed by atoms with van der Waals surface area (Å²) in [5, 5.41) is 0. The molecule has 1 heterocycles. The molecule has 134 valence electrons. The first-order valence-electron chi connectivity index (χ1n) is 7.31. The predicted octanol–water partition coefficient (Wildman–Crippen LogP) is 1.88. The van der Waals surface area contributed by atoms with Gasteiger partial charge in [-0.05, 0) is 43.5 Å². The van der Waals surface area contributed by atoms with Crippen LogP contribution in [0, 0.1) is 0 Å². The summed E-state index contributed by atoms with van der Waals surface area (Å²) in [7, 11) is -3.99. The molecule has 1 saturated heterocycles. The van der Waals surface area contributed by atoms with E-state index in [1.807, 2.05) is 0 Å². The second-order valence-electron chi connectivity index (χ2n) is 5.29. The summed E-state index contributed by atoms with van der Waals surface area (Å²) in [6.45, 7) is 0.817. The number of carbonyl (C=O) groups excluding carboxylic acids is 1. The molecule has 1 aromatic rings. The minimum atomic E-state index is -4.85. The number of benzene rings is 1. The molecule has 24 heavy (non-hydrogen) atoms. The zero-order valence-electron chi connectivity index (χ0n) is 12.7. The number of piperidine rings is 1. The van der Waals surface area contributed by atoms with E-state index in [4.69, 9.17) is 0 Å². The molecule has 1 aromatic carbocycles. The molecule has 0 atom stereocenters. The van der Waals surface area contributed by atoms with Gasteiger partial charge >= 0.3 is 6.36 Å². The number of sulfonamides is 1. The SMILES string of the molecule is O=C(CNS(=O)(=O)c1ccc(OC(F)(F)F)cc1)N1CCCCC1. The van der Waals surface area contributed by atoms with Crippen LogP contribution in [0.15, 0.2) is 29.2 Å². The number of rotatable bonds is 5. The molecule has 10 heteroatoms. The van der Waals surface area contributed by atoms with E-state index >= 15 is 0 Å². The summed E-state index contributed by atoms with van der Waals surface area (Å²) in [5.74, 6) is -0.846. The van der Waals surface area contributed by atoms with Gasteiger partial charge < -0.3 is 9.64 Å². The first-order chi connectivity index (χ1) is 11.2. The Morgan fingerprint density at radius 2 is 1.71 bits per heavy atom. The van der Waals surface area contributed by atoms with Gasteiger partial charge in [-0.25, -0.2) is 13.1 Å². The van der Waals surface area contributed by atoms with Crippen LogP contribution in [0.1, 0.15) is 19.3 Å². The highest BCUT2D eigenvalue weighted by Crippen LogP contribution is 2.23. The van der Waals surface area contributed by atoms with Gasteiger partial charge in [-0.3, -0.25) is 4.79 Å². The number of halogens is 3. The van der Waals surface area contributed by atoms with Crippen LogP contribution in [-0.4, -0.2) is 45.2 Å². The zero-order chi connectivity index (χ0) is 17.8. The van der Waals surface area contributed by atoms with Crippen LogP contribution in [0.25, 0.3) is 0 Å². The molecule has 6 nitrogen and oxygen atoms in total. The number of amides is 1. The fourth-order valence-corrected chi connectivity index (χ4v) is 3.29. The Morgan fingerprint density at radius 3 is 2.25 bits per heavy atom. The number of carbonyl (C=O) groups is 1. The van der Waals surface area contributed by atoms with Gasteiger partial charge in [0.05, 0.1) is 11.4 Å². The first kappa shape index (κ1) is 18.5. The summed E-state index contributed by atoms with van der Waals surface area (Å²) in [6.07, 6.45) is -2.03. The van der Waals surface area contributed by atoms with Crippen LogP contribution in [0.2, 0.25) is 0 Å². The Labute approximate surface area is 137 Å². The second-order valence-corrected chi connectivity index (χ2v) is 7.05. The molecule has 0 bridgehead atoms. The van der Waals surface area contributed by atoms with Gasteiger partial charge in [0.25, 0.3) is 0 Å². The quantitative estimate of drug-likeness (QED) is 0.863. The molecule has 1 aliphatic rings. The van der Waals surface area contributed by atoms with Crippen LogP contribution in [-0.2, 0) is 14.8 Å². The van der Waals surface area contributed by atoms with Crippen LogP contribution in [0.4, 0.5) is 13.2 Å². The molecule has 1 fully saturated rings. The van der Waals surface area contributed by atoms with E-state index < -0.39 is 22.1 Å². The molecule has 1 amide bonds. The molecule has 0 spiro atoms. The van der Waals surface area contributed by atoms with Crippen molar-refractivity contribution in [2.45, 2.75) is 30.5 Å². The molecule has 0 aliphatic carbocycles. The number of hydrogen-bond donors (Lipinski definition) is 1. The number of nitrogens with one attached hydrogen (secondary N) is 1. The number of ether oxygens (including phenoxy) is 1. The van der Waals surface area contributed by atoms with Gasteiger partial charge in [0.1, 0.15) is 5.75 Å². The van der Waals surface area contributed by atoms with E-state index in [0.29, 0.717) is 13.1 Å². The van der Waals surface area contributed by atoms with Crippen molar-refractivity contribution in [1.82, 2.24) is 9.62 Å². The van der Waals surface area contributed by atoms with Gasteiger partial charge in [-0.15, -0.1) is 13.2 Å². The monoisotopic (exact) mass is 366 g/mol. The second kappa shape index (κ2) is 7.39. The smallest absolute Gasteiger partial charge is 0.406 e. The topological polar surface area (TPSA) is 75.7 Å². The molecule has 0 unspecified atom stereocenters. The van der Waals surface area contributed by atoms with E-state index in [9.17, 15) is 26.4 Å². The Morgan fingerprint density at radius 1 is 1.12 bits per heavy atom. The summed E-state index contributed by atoms with van der Waals surface area (Å²) in [5.41, 5.74) is 0. The first-order valence-corrected chi connectivity index (χ1v) is 8.79. The van der Waals surface area contributed by atoms with Crippen LogP contribution in [0.5, 0.6) is 5.75 Å². The van der Waals surface area contributed by atoms with Crippen molar-refractivity contribution in [3.05, 3.63) is 24.3 Å². The third-order valence-electron chi connectivity index (χ3n) is 3.49. The Kier molecular flexibility index (Phi) is 5.70. The van der Waals surface area contributed by atoms with Gasteiger partial charge in [0.2, 0.25) is 15.9 Å². The average molecular weight is 366 g/mol. The number of alkyl halides is 3. The number of nitrogens with zero attached hydrogens (tertiary/aromatic N) is 1. The van der Waals surface area contributed by atoms with Gasteiger partial charge in [-0.2, -0.15) is 0 Å². The average Bonchev–Trinajstić information content (AvgIpc) is 2.52. The van der Waals surface area contributed by atoms with Crippen LogP contribution < -0.4 is 9.46 Å². The van der Waals surface area contributed by atoms with Gasteiger partial charge in [-0.1, -0.05) is 0 Å². The van der Waals surface area contributed by atoms with E-state index in [0.717, 1.165) is 43.5 Å². The van der Waals surface area contributed by atoms with E-state index in [1.165, 1.54) is 0 Å². The third kappa shape index (κ3) is 5.38. The summed E-state index contributed by atoms with van der Waals surface area (Å²) in [4.78, 5) is 13.3. The third-order valence-corrected chi connectivity index (χ3v) is 4.91. The molecule has 0 aromatic heterocycles. The highest BCUT2D eigenvalue weighted by atomic mass is 32.2. The standard InChI is InChI=1S/C14H17F3N2O4S/c15-14(16,17)23-11-4-6-12(7-5-11)24(21,22)18-10-13(20)19-8-2-1-3-9-19/h4-7,18H,1-3,8-10H2. The predicted molar refractivity (Wildman–Crippen MR) is 78.7 cm³/mol. The normalized spacial score (nSPS) is 16.0. The van der Waals surface area contributed by atoms with E-state index in [2.05, 4.69) is 9.46 Å². The maximum Gasteiger partial charge on any atom is 0.573 e. The largest absolute Gasteiger partial charge is 0.573 e. The minimum Gasteiger partial charge on any atom is -0.406 e. The Balaban J connectivity index is 1.95. The van der Waals surface area contributed by atoms with Gasteiger partial charge in [0.15, 0.2) is 0 Å². The Bertz CT molecular complexity index is 668. The van der Waals surface area contributed by atoms with Crippen molar-refractivity contribution < 1.29 is 31.1 Å². The molecular weight excluding hydrogens is 349 g/mol. The molecule has 0 radical (unpaired) electrons. The van der Waals surface area contributed by atoms with Crippen molar-refractivity contribution in [3.63, 3.8) is 0 Å². The van der Waals surface area contributed by atoms with Crippen molar-refractivity contribution in [2.75, 3.05) is 19.6 Å². The van der Waals surface area contributed by atoms with Gasteiger partial charge in [0, 0.05) is 13.1 Å². The highest BCUT2D eigenvalue weighted by molar-refractivity contribution is 7.89. The fourth-order valence-electron chi connectivity index (χ4n) is 2.32. The molecule has 2 rings (SSSR count). The summed E-state index contributed by atoms with van der Waals surface area (Å²) >= 11 is 0. The Hall–Kier alpha value is -1.81. The van der Waals surface area contributed by atoms with Crippen LogP contribution >= 0.6 is 0 Å². The maximum atomic E-state index is 12.1. The zero-order valence-corrected chi connectivity index (χ0v) is 13.5. The van der Waals surface area contributed by atoms with Crippen molar-refractivity contribution in [1.29, 1.82) is 0 Å². The van der Waals surface area contributed by atoms with Crippen molar-refractivity contribution >= 4 is 15.9 Å². The highest BCUT2D eigenvalue weighted by Gasteiger charge is 2.31. The van der Waals surface area contributed by atoms with Crippen molar-refractivity contribution in [2.24, 2.45) is 0 Å². The molecule has 1 N–H and O–H groups in total. The lowest BCUT2D eigenvalue weighted by atomic mass is 10.1. The maximum absolute atomic E-state index is 12.1. The molecular formula is C14H17F3N2O4S. The fraction of sp³-hybridized carbons (Fsp3) is 0.500. The molecule has 0 saturated carbocycles. The lowest BCUT2D eigenvalue weighted by Crippen LogP contribution is -2.42. The summed E-state index contributed by atoms with van der Waals surface area (Å²) < 4.78 is 66.2. The number of likely N-dealkylation sites (tertiary alicyclic amines) is 1. The van der Waals surface area contributed by atoms with E-state index in [1.54, 1.807) is 4.90 Å². The van der Waals surface area contributed by atoms with Crippen molar-refractivity contribution in [3.8, 4) is 5.75 Å².